The van der Waals surface area contributed by atoms with Gasteiger partial charge in [-0.2, -0.15) is 0 Å². The number of aromatic nitrogens is 1. The summed E-state index contributed by atoms with van der Waals surface area (Å²) < 4.78 is 0. The van der Waals surface area contributed by atoms with Crippen LogP contribution in [0.15, 0.2) is 48.8 Å². The van der Waals surface area contributed by atoms with E-state index < -0.39 is 0 Å². The molecule has 2 rings (SSSR count). The fourth-order valence-corrected chi connectivity index (χ4v) is 2.41. The standard InChI is InChI=1S/C20H26N2/c1-3-4-5-6-17-22(2)20-11-9-18(10-12-20)7-8-19-13-15-21-16-14-19/h7-16H,3-6,17H2,1-2H3. The molecule has 2 aromatic rings. The third kappa shape index (κ3) is 5.36. The van der Waals surface area contributed by atoms with E-state index in [1.807, 2.05) is 24.5 Å². The van der Waals surface area contributed by atoms with E-state index in [1.165, 1.54) is 42.5 Å². The Hall–Kier alpha value is -2.09. The van der Waals surface area contributed by atoms with Crippen LogP contribution in [0.5, 0.6) is 0 Å². The molecule has 2 heteroatoms. The molecule has 0 amide bonds. The average molecular weight is 294 g/mol. The van der Waals surface area contributed by atoms with Gasteiger partial charge < -0.3 is 4.90 Å². The molecule has 0 saturated carbocycles. The fourth-order valence-electron chi connectivity index (χ4n) is 2.41. The van der Waals surface area contributed by atoms with Crippen molar-refractivity contribution in [2.45, 2.75) is 32.6 Å². The van der Waals surface area contributed by atoms with E-state index in [-0.39, 0.29) is 0 Å². The Labute approximate surface area is 134 Å². The zero-order chi connectivity index (χ0) is 15.6. The van der Waals surface area contributed by atoms with Gasteiger partial charge in [0.05, 0.1) is 0 Å². The summed E-state index contributed by atoms with van der Waals surface area (Å²) in [7, 11) is 2.17. The second kappa shape index (κ2) is 9.04. The number of hydrogen-bond acceptors (Lipinski definition) is 2. The Kier molecular flexibility index (Phi) is 6.69. The van der Waals surface area contributed by atoms with Gasteiger partial charge in [0.15, 0.2) is 0 Å². The Morgan fingerprint density at radius 2 is 1.50 bits per heavy atom. The summed E-state index contributed by atoms with van der Waals surface area (Å²) >= 11 is 0. The van der Waals surface area contributed by atoms with E-state index >= 15 is 0 Å². The lowest BCUT2D eigenvalue weighted by Gasteiger charge is -2.19. The van der Waals surface area contributed by atoms with Gasteiger partial charge in [-0.05, 0) is 41.8 Å². The minimum atomic E-state index is 1.13. The third-order valence-corrected chi connectivity index (χ3v) is 3.86. The molecule has 0 saturated heterocycles. The van der Waals surface area contributed by atoms with Gasteiger partial charge >= 0.3 is 0 Å². The molecule has 0 aliphatic heterocycles. The van der Waals surface area contributed by atoms with Crippen LogP contribution in [0.25, 0.3) is 12.2 Å². The molecule has 1 aromatic heterocycles. The van der Waals surface area contributed by atoms with Crippen molar-refractivity contribution >= 4 is 17.8 Å². The van der Waals surface area contributed by atoms with Crippen LogP contribution in [0.1, 0.15) is 43.7 Å². The van der Waals surface area contributed by atoms with Gasteiger partial charge in [-0.1, -0.05) is 50.5 Å². The number of unbranched alkanes of at least 4 members (excludes halogenated alkanes) is 3. The first-order valence-corrected chi connectivity index (χ1v) is 8.19. The molecule has 22 heavy (non-hydrogen) atoms. The van der Waals surface area contributed by atoms with Crippen molar-refractivity contribution in [3.63, 3.8) is 0 Å². The Morgan fingerprint density at radius 3 is 2.14 bits per heavy atom. The molecular weight excluding hydrogens is 268 g/mol. The summed E-state index contributed by atoms with van der Waals surface area (Å²) in [5, 5.41) is 0. The van der Waals surface area contributed by atoms with Crippen LogP contribution < -0.4 is 4.90 Å². The van der Waals surface area contributed by atoms with E-state index in [9.17, 15) is 0 Å². The number of anilines is 1. The quantitative estimate of drug-likeness (QED) is 0.617. The fraction of sp³-hybridized carbons (Fsp3) is 0.350. The highest BCUT2D eigenvalue weighted by atomic mass is 15.1. The molecule has 0 spiro atoms. The van der Waals surface area contributed by atoms with Crippen molar-refractivity contribution in [3.8, 4) is 0 Å². The van der Waals surface area contributed by atoms with Crippen LogP contribution in [0.2, 0.25) is 0 Å². The van der Waals surface area contributed by atoms with Crippen LogP contribution in [0.3, 0.4) is 0 Å². The lowest BCUT2D eigenvalue weighted by molar-refractivity contribution is 0.661. The molecular formula is C20H26N2. The van der Waals surface area contributed by atoms with Crippen LogP contribution in [0.4, 0.5) is 5.69 Å². The van der Waals surface area contributed by atoms with E-state index in [0.717, 1.165) is 6.54 Å². The highest BCUT2D eigenvalue weighted by molar-refractivity contribution is 5.70. The molecule has 1 aromatic carbocycles. The molecule has 0 atom stereocenters. The number of pyridine rings is 1. The minimum absolute atomic E-state index is 1.13. The highest BCUT2D eigenvalue weighted by Gasteiger charge is 2.00. The molecule has 0 radical (unpaired) electrons. The first-order valence-electron chi connectivity index (χ1n) is 8.19. The number of nitrogens with zero attached hydrogens (tertiary/aromatic N) is 2. The van der Waals surface area contributed by atoms with Gasteiger partial charge in [0.25, 0.3) is 0 Å². The largest absolute Gasteiger partial charge is 0.375 e. The molecule has 1 heterocycles. The summed E-state index contributed by atoms with van der Waals surface area (Å²) in [6.07, 6.45) is 13.1. The summed E-state index contributed by atoms with van der Waals surface area (Å²) in [5.41, 5.74) is 3.68. The predicted octanol–water partition coefficient (Wildman–Crippen LogP) is 5.27. The molecule has 0 aliphatic carbocycles. The third-order valence-electron chi connectivity index (χ3n) is 3.86. The minimum Gasteiger partial charge on any atom is -0.375 e. The molecule has 0 fully saturated rings. The number of hydrogen-bond donors (Lipinski definition) is 0. The first-order chi connectivity index (χ1) is 10.8. The zero-order valence-corrected chi connectivity index (χ0v) is 13.7. The van der Waals surface area contributed by atoms with Gasteiger partial charge in [0, 0.05) is 31.7 Å². The topological polar surface area (TPSA) is 16.1 Å². The molecule has 2 nitrogen and oxygen atoms in total. The Bertz CT molecular complexity index is 558. The maximum atomic E-state index is 4.03. The second-order valence-corrected chi connectivity index (χ2v) is 5.69. The summed E-state index contributed by atoms with van der Waals surface area (Å²) in [5.74, 6) is 0. The molecule has 0 bridgehead atoms. The van der Waals surface area contributed by atoms with Crippen LogP contribution in [0, 0.1) is 0 Å². The Balaban J connectivity index is 1.88. The smallest absolute Gasteiger partial charge is 0.0364 e. The van der Waals surface area contributed by atoms with Gasteiger partial charge in [-0.3, -0.25) is 4.98 Å². The predicted molar refractivity (Wildman–Crippen MR) is 97.0 cm³/mol. The van der Waals surface area contributed by atoms with Crippen molar-refractivity contribution in [2.75, 3.05) is 18.5 Å². The summed E-state index contributed by atoms with van der Waals surface area (Å²) in [4.78, 5) is 6.37. The Morgan fingerprint density at radius 1 is 0.864 bits per heavy atom. The SMILES string of the molecule is CCCCCCN(C)c1ccc(C=Cc2ccncc2)cc1. The lowest BCUT2D eigenvalue weighted by Crippen LogP contribution is -2.18. The number of benzene rings is 1. The van der Waals surface area contributed by atoms with E-state index in [0.29, 0.717) is 0 Å². The van der Waals surface area contributed by atoms with Crippen molar-refractivity contribution < 1.29 is 0 Å². The van der Waals surface area contributed by atoms with Gasteiger partial charge in [0.1, 0.15) is 0 Å². The van der Waals surface area contributed by atoms with Crippen molar-refractivity contribution in [1.82, 2.24) is 4.98 Å². The monoisotopic (exact) mass is 294 g/mol. The first kappa shape index (κ1) is 16.3. The van der Waals surface area contributed by atoms with Crippen molar-refractivity contribution in [2.24, 2.45) is 0 Å². The van der Waals surface area contributed by atoms with Gasteiger partial charge in [0.2, 0.25) is 0 Å². The molecule has 116 valence electrons. The average Bonchev–Trinajstić information content (AvgIpc) is 2.58. The normalized spacial score (nSPS) is 11.0. The zero-order valence-electron chi connectivity index (χ0n) is 13.7. The molecule has 0 N–H and O–H groups in total. The lowest BCUT2D eigenvalue weighted by atomic mass is 10.1. The van der Waals surface area contributed by atoms with E-state index in [2.05, 4.69) is 60.3 Å². The van der Waals surface area contributed by atoms with Crippen LogP contribution >= 0.6 is 0 Å². The summed E-state index contributed by atoms with van der Waals surface area (Å²) in [6, 6.07) is 12.8. The summed E-state index contributed by atoms with van der Waals surface area (Å²) in [6.45, 7) is 3.38. The molecule has 0 unspecified atom stereocenters. The van der Waals surface area contributed by atoms with Crippen molar-refractivity contribution in [3.05, 3.63) is 59.9 Å². The maximum absolute atomic E-state index is 4.03. The van der Waals surface area contributed by atoms with Crippen LogP contribution in [-0.4, -0.2) is 18.6 Å². The van der Waals surface area contributed by atoms with Crippen LogP contribution in [-0.2, 0) is 0 Å². The molecule has 0 aliphatic rings. The highest BCUT2D eigenvalue weighted by Crippen LogP contribution is 2.16. The van der Waals surface area contributed by atoms with Gasteiger partial charge in [-0.15, -0.1) is 0 Å². The van der Waals surface area contributed by atoms with E-state index in [1.54, 1.807) is 0 Å². The van der Waals surface area contributed by atoms with E-state index in [4.69, 9.17) is 0 Å². The van der Waals surface area contributed by atoms with Gasteiger partial charge in [-0.25, -0.2) is 0 Å². The maximum Gasteiger partial charge on any atom is 0.0364 e. The second-order valence-electron chi connectivity index (χ2n) is 5.69. The number of rotatable bonds is 8. The van der Waals surface area contributed by atoms with Crippen molar-refractivity contribution in [1.29, 1.82) is 0 Å².